The molecule has 8 nitrogen and oxygen atoms in total. The molecular formula is C17H27N5O3. The van der Waals surface area contributed by atoms with Gasteiger partial charge in [0.05, 0.1) is 19.5 Å². The van der Waals surface area contributed by atoms with Crippen molar-refractivity contribution in [2.75, 3.05) is 72.6 Å². The molecule has 0 atom stereocenters. The van der Waals surface area contributed by atoms with E-state index in [0.717, 1.165) is 58.4 Å². The summed E-state index contributed by atoms with van der Waals surface area (Å²) < 4.78 is 10.6. The zero-order valence-electron chi connectivity index (χ0n) is 14.8. The zero-order chi connectivity index (χ0) is 17.5. The number of guanidine groups is 1. The first kappa shape index (κ1) is 17.8. The zero-order valence-corrected chi connectivity index (χ0v) is 14.8. The van der Waals surface area contributed by atoms with Gasteiger partial charge < -0.3 is 24.3 Å². The minimum Gasteiger partial charge on any atom is -0.459 e. The predicted octanol–water partition coefficient (Wildman–Crippen LogP) is -0.0550. The second kappa shape index (κ2) is 8.87. The summed E-state index contributed by atoms with van der Waals surface area (Å²) in [5, 5.41) is 3.43. The second-order valence-electron chi connectivity index (χ2n) is 6.18. The molecule has 25 heavy (non-hydrogen) atoms. The van der Waals surface area contributed by atoms with E-state index in [1.165, 1.54) is 6.26 Å². The smallest absolute Gasteiger partial charge is 0.289 e. The molecule has 2 fully saturated rings. The molecular weight excluding hydrogens is 322 g/mol. The van der Waals surface area contributed by atoms with Crippen molar-refractivity contribution in [3.63, 3.8) is 0 Å². The molecule has 0 aromatic carbocycles. The summed E-state index contributed by atoms with van der Waals surface area (Å²) in [6.45, 7) is 8.35. The lowest BCUT2D eigenvalue weighted by Crippen LogP contribution is -2.54. The van der Waals surface area contributed by atoms with Crippen LogP contribution in [0.25, 0.3) is 0 Å². The Morgan fingerprint density at radius 1 is 1.16 bits per heavy atom. The first-order valence-electron chi connectivity index (χ1n) is 8.86. The Kier molecular flexibility index (Phi) is 6.30. The fourth-order valence-corrected chi connectivity index (χ4v) is 3.16. The van der Waals surface area contributed by atoms with E-state index in [-0.39, 0.29) is 5.91 Å². The number of aliphatic imine (C=N–C) groups is 1. The average Bonchev–Trinajstić information content (AvgIpc) is 3.20. The normalized spacial score (nSPS) is 20.0. The van der Waals surface area contributed by atoms with Crippen LogP contribution < -0.4 is 5.32 Å². The third kappa shape index (κ3) is 4.73. The minimum absolute atomic E-state index is 0.0417. The van der Waals surface area contributed by atoms with E-state index in [2.05, 4.69) is 20.1 Å². The lowest BCUT2D eigenvalue weighted by atomic mass is 10.3. The van der Waals surface area contributed by atoms with Crippen molar-refractivity contribution >= 4 is 11.9 Å². The summed E-state index contributed by atoms with van der Waals surface area (Å²) in [7, 11) is 1.80. The van der Waals surface area contributed by atoms with Crippen LogP contribution in [0.2, 0.25) is 0 Å². The molecule has 1 aromatic heterocycles. The van der Waals surface area contributed by atoms with Gasteiger partial charge in [0.2, 0.25) is 0 Å². The Bertz CT molecular complexity index is 561. The predicted molar refractivity (Wildman–Crippen MR) is 94.8 cm³/mol. The Hall–Kier alpha value is -2.06. The molecule has 1 amide bonds. The number of hydrogen-bond acceptors (Lipinski definition) is 5. The highest BCUT2D eigenvalue weighted by atomic mass is 16.5. The standard InChI is InChI=1S/C17H27N5O3/c1-18-17(19-4-5-20-10-13-24-14-11-20)22-8-6-21(7-9-22)16(23)15-3-2-12-25-15/h2-3,12H,4-11,13-14H2,1H3,(H,18,19). The number of amides is 1. The SMILES string of the molecule is CN=C(NCCN1CCOCC1)N1CCN(C(=O)c2ccco2)CC1. The van der Waals surface area contributed by atoms with Crippen molar-refractivity contribution in [3.8, 4) is 0 Å². The third-order valence-corrected chi connectivity index (χ3v) is 4.63. The van der Waals surface area contributed by atoms with Crippen LogP contribution in [-0.2, 0) is 4.74 Å². The van der Waals surface area contributed by atoms with Gasteiger partial charge in [0.25, 0.3) is 5.91 Å². The largest absolute Gasteiger partial charge is 0.459 e. The van der Waals surface area contributed by atoms with Crippen LogP contribution in [0.5, 0.6) is 0 Å². The molecule has 0 radical (unpaired) electrons. The van der Waals surface area contributed by atoms with Crippen molar-refractivity contribution < 1.29 is 13.9 Å². The summed E-state index contributed by atoms with van der Waals surface area (Å²) in [6.07, 6.45) is 1.53. The molecule has 138 valence electrons. The van der Waals surface area contributed by atoms with Gasteiger partial charge in [-0.05, 0) is 12.1 Å². The molecule has 0 unspecified atom stereocenters. The van der Waals surface area contributed by atoms with Crippen LogP contribution in [0.3, 0.4) is 0 Å². The fraction of sp³-hybridized carbons (Fsp3) is 0.647. The maximum Gasteiger partial charge on any atom is 0.289 e. The number of hydrogen-bond donors (Lipinski definition) is 1. The Balaban J connectivity index is 1.41. The molecule has 2 saturated heterocycles. The molecule has 1 aromatic rings. The van der Waals surface area contributed by atoms with Gasteiger partial charge in [-0.3, -0.25) is 14.7 Å². The highest BCUT2D eigenvalue weighted by Gasteiger charge is 2.25. The second-order valence-corrected chi connectivity index (χ2v) is 6.18. The van der Waals surface area contributed by atoms with Crippen LogP contribution >= 0.6 is 0 Å². The molecule has 8 heteroatoms. The monoisotopic (exact) mass is 349 g/mol. The van der Waals surface area contributed by atoms with Crippen molar-refractivity contribution in [1.29, 1.82) is 0 Å². The molecule has 0 aliphatic carbocycles. The summed E-state index contributed by atoms with van der Waals surface area (Å²) in [5.74, 6) is 1.26. The van der Waals surface area contributed by atoms with E-state index < -0.39 is 0 Å². The minimum atomic E-state index is -0.0417. The lowest BCUT2D eigenvalue weighted by Gasteiger charge is -2.36. The molecule has 0 saturated carbocycles. The molecule has 1 N–H and O–H groups in total. The van der Waals surface area contributed by atoms with Gasteiger partial charge in [-0.2, -0.15) is 0 Å². The molecule has 0 spiro atoms. The Morgan fingerprint density at radius 3 is 2.52 bits per heavy atom. The maximum atomic E-state index is 12.3. The number of piperazine rings is 1. The number of morpholine rings is 1. The van der Waals surface area contributed by atoms with Gasteiger partial charge in [-0.25, -0.2) is 0 Å². The van der Waals surface area contributed by atoms with E-state index in [0.29, 0.717) is 18.8 Å². The Morgan fingerprint density at radius 2 is 1.88 bits per heavy atom. The molecule has 2 aliphatic rings. The van der Waals surface area contributed by atoms with E-state index in [9.17, 15) is 4.79 Å². The topological polar surface area (TPSA) is 73.6 Å². The summed E-state index contributed by atoms with van der Waals surface area (Å²) in [4.78, 5) is 23.1. The molecule has 2 aliphatic heterocycles. The highest BCUT2D eigenvalue weighted by Crippen LogP contribution is 2.09. The van der Waals surface area contributed by atoms with Crippen LogP contribution in [0.4, 0.5) is 0 Å². The number of carbonyl (C=O) groups is 1. The van der Waals surface area contributed by atoms with E-state index in [4.69, 9.17) is 9.15 Å². The Labute approximate surface area is 148 Å². The first-order chi connectivity index (χ1) is 12.3. The van der Waals surface area contributed by atoms with Crippen LogP contribution in [0.1, 0.15) is 10.6 Å². The van der Waals surface area contributed by atoms with Gasteiger partial charge in [0.15, 0.2) is 11.7 Å². The number of ether oxygens (including phenoxy) is 1. The number of rotatable bonds is 4. The maximum absolute atomic E-state index is 12.3. The number of carbonyl (C=O) groups excluding carboxylic acids is 1. The number of furan rings is 1. The van der Waals surface area contributed by atoms with Gasteiger partial charge in [0.1, 0.15) is 0 Å². The van der Waals surface area contributed by atoms with Crippen molar-refractivity contribution in [2.24, 2.45) is 4.99 Å². The van der Waals surface area contributed by atoms with Gasteiger partial charge in [0, 0.05) is 59.4 Å². The number of nitrogens with zero attached hydrogens (tertiary/aromatic N) is 4. The van der Waals surface area contributed by atoms with E-state index >= 15 is 0 Å². The van der Waals surface area contributed by atoms with E-state index in [1.807, 2.05) is 4.90 Å². The van der Waals surface area contributed by atoms with Gasteiger partial charge >= 0.3 is 0 Å². The van der Waals surface area contributed by atoms with Crippen molar-refractivity contribution in [3.05, 3.63) is 24.2 Å². The fourth-order valence-electron chi connectivity index (χ4n) is 3.16. The third-order valence-electron chi connectivity index (χ3n) is 4.63. The van der Waals surface area contributed by atoms with Crippen molar-refractivity contribution in [1.82, 2.24) is 20.0 Å². The van der Waals surface area contributed by atoms with Crippen LogP contribution in [-0.4, -0.2) is 99.2 Å². The van der Waals surface area contributed by atoms with E-state index in [1.54, 1.807) is 19.2 Å². The first-order valence-corrected chi connectivity index (χ1v) is 8.86. The summed E-state index contributed by atoms with van der Waals surface area (Å²) >= 11 is 0. The van der Waals surface area contributed by atoms with Crippen molar-refractivity contribution in [2.45, 2.75) is 0 Å². The van der Waals surface area contributed by atoms with Crippen LogP contribution in [0, 0.1) is 0 Å². The van der Waals surface area contributed by atoms with Gasteiger partial charge in [-0.15, -0.1) is 0 Å². The lowest BCUT2D eigenvalue weighted by molar-refractivity contribution is 0.0388. The number of nitrogens with one attached hydrogen (secondary N) is 1. The van der Waals surface area contributed by atoms with Gasteiger partial charge in [-0.1, -0.05) is 0 Å². The average molecular weight is 349 g/mol. The van der Waals surface area contributed by atoms with Crippen LogP contribution in [0.15, 0.2) is 27.8 Å². The molecule has 3 rings (SSSR count). The quantitative estimate of drug-likeness (QED) is 0.607. The summed E-state index contributed by atoms with van der Waals surface area (Å²) in [5.41, 5.74) is 0. The molecule has 0 bridgehead atoms. The highest BCUT2D eigenvalue weighted by molar-refractivity contribution is 5.91. The molecule has 3 heterocycles. The summed E-state index contributed by atoms with van der Waals surface area (Å²) in [6, 6.07) is 3.45.